The summed E-state index contributed by atoms with van der Waals surface area (Å²) in [7, 11) is 0. The number of nitrogens with one attached hydrogen (secondary N) is 1. The number of rotatable bonds is 12. The summed E-state index contributed by atoms with van der Waals surface area (Å²) in [5, 5.41) is 13.3. The van der Waals surface area contributed by atoms with E-state index in [1.54, 1.807) is 0 Å². The maximum absolute atomic E-state index is 9.79. The predicted molar refractivity (Wildman–Crippen MR) is 89.6 cm³/mol. The van der Waals surface area contributed by atoms with Crippen LogP contribution >= 0.6 is 0 Å². The molecule has 21 heavy (non-hydrogen) atoms. The average molecular weight is 299 g/mol. The Kier molecular flexibility index (Phi) is 9.54. The van der Waals surface area contributed by atoms with Crippen molar-refractivity contribution in [2.75, 3.05) is 26.4 Å². The van der Waals surface area contributed by atoms with E-state index in [2.05, 4.69) is 26.1 Å². The molecule has 3 heteroatoms. The zero-order chi connectivity index (χ0) is 15.6. The van der Waals surface area contributed by atoms with Crippen molar-refractivity contribution in [1.29, 1.82) is 0 Å². The summed E-state index contributed by atoms with van der Waals surface area (Å²) in [5.41, 5.74) is -0.0372. The Labute approximate surface area is 131 Å². The first kappa shape index (κ1) is 18.9. The molecule has 0 aliphatic heterocycles. The Morgan fingerprint density at radius 1 is 1.33 bits per heavy atom. The van der Waals surface area contributed by atoms with Gasteiger partial charge in [-0.15, -0.1) is 0 Å². The maximum atomic E-state index is 9.79. The van der Waals surface area contributed by atoms with Gasteiger partial charge in [-0.3, -0.25) is 0 Å². The molecule has 0 spiro atoms. The van der Waals surface area contributed by atoms with Crippen LogP contribution in [0, 0.1) is 11.8 Å². The molecule has 0 bridgehead atoms. The van der Waals surface area contributed by atoms with Crippen LogP contribution < -0.4 is 5.32 Å². The van der Waals surface area contributed by atoms with Crippen LogP contribution in [0.2, 0.25) is 0 Å². The lowest BCUT2D eigenvalue weighted by Gasteiger charge is -2.35. The van der Waals surface area contributed by atoms with Crippen molar-refractivity contribution in [1.82, 2.24) is 5.32 Å². The van der Waals surface area contributed by atoms with Gasteiger partial charge >= 0.3 is 0 Å². The van der Waals surface area contributed by atoms with Crippen LogP contribution in [-0.4, -0.2) is 37.0 Å². The SMILES string of the molecule is CCCCC(CC)COCCC1CCCC1(CO)NCC. The first-order chi connectivity index (χ1) is 10.2. The van der Waals surface area contributed by atoms with Gasteiger partial charge in [0.1, 0.15) is 0 Å². The highest BCUT2D eigenvalue weighted by atomic mass is 16.5. The van der Waals surface area contributed by atoms with E-state index in [4.69, 9.17) is 4.74 Å². The van der Waals surface area contributed by atoms with Gasteiger partial charge in [0.2, 0.25) is 0 Å². The van der Waals surface area contributed by atoms with Gasteiger partial charge in [0.25, 0.3) is 0 Å². The second kappa shape index (κ2) is 10.6. The van der Waals surface area contributed by atoms with Crippen LogP contribution in [0.25, 0.3) is 0 Å². The van der Waals surface area contributed by atoms with Crippen molar-refractivity contribution >= 4 is 0 Å². The van der Waals surface area contributed by atoms with Crippen LogP contribution in [-0.2, 0) is 4.74 Å². The molecule has 0 radical (unpaired) electrons. The fourth-order valence-electron chi connectivity index (χ4n) is 3.79. The minimum Gasteiger partial charge on any atom is -0.394 e. The number of aliphatic hydroxyl groups is 1. The number of likely N-dealkylation sites (N-methyl/N-ethyl adjacent to an activating group) is 1. The van der Waals surface area contributed by atoms with Crippen LogP contribution in [0.15, 0.2) is 0 Å². The van der Waals surface area contributed by atoms with Gasteiger partial charge < -0.3 is 15.2 Å². The third-order valence-corrected chi connectivity index (χ3v) is 5.28. The molecule has 0 aromatic rings. The lowest BCUT2D eigenvalue weighted by molar-refractivity contribution is 0.0610. The second-order valence-corrected chi connectivity index (χ2v) is 6.71. The standard InChI is InChI=1S/C18H37NO2/c1-4-7-9-16(5-2)14-21-13-11-17-10-8-12-18(17,15-20)19-6-3/h16-17,19-20H,4-15H2,1-3H3. The Bertz CT molecular complexity index is 260. The number of hydrogen-bond acceptors (Lipinski definition) is 3. The molecule has 0 aromatic carbocycles. The highest BCUT2D eigenvalue weighted by Crippen LogP contribution is 2.37. The van der Waals surface area contributed by atoms with Gasteiger partial charge in [0, 0.05) is 18.8 Å². The largest absolute Gasteiger partial charge is 0.394 e. The highest BCUT2D eigenvalue weighted by Gasteiger charge is 2.41. The molecule has 1 fully saturated rings. The number of ether oxygens (including phenoxy) is 1. The second-order valence-electron chi connectivity index (χ2n) is 6.71. The van der Waals surface area contributed by atoms with E-state index in [9.17, 15) is 5.11 Å². The van der Waals surface area contributed by atoms with E-state index in [1.165, 1.54) is 38.5 Å². The Hall–Kier alpha value is -0.120. The highest BCUT2D eigenvalue weighted by molar-refractivity contribution is 4.98. The lowest BCUT2D eigenvalue weighted by Crippen LogP contribution is -2.51. The van der Waals surface area contributed by atoms with Crippen LogP contribution in [0.5, 0.6) is 0 Å². The summed E-state index contributed by atoms with van der Waals surface area (Å²) in [6.07, 6.45) is 9.76. The van der Waals surface area contributed by atoms with E-state index in [1.807, 2.05) is 0 Å². The summed E-state index contributed by atoms with van der Waals surface area (Å²) in [6.45, 7) is 9.61. The van der Waals surface area contributed by atoms with E-state index in [-0.39, 0.29) is 12.1 Å². The van der Waals surface area contributed by atoms with Gasteiger partial charge in [-0.2, -0.15) is 0 Å². The molecular formula is C18H37NO2. The molecule has 0 amide bonds. The topological polar surface area (TPSA) is 41.5 Å². The molecule has 126 valence electrons. The average Bonchev–Trinajstić information content (AvgIpc) is 2.90. The molecule has 1 aliphatic carbocycles. The first-order valence-corrected chi connectivity index (χ1v) is 9.16. The zero-order valence-electron chi connectivity index (χ0n) is 14.5. The van der Waals surface area contributed by atoms with Crippen molar-refractivity contribution in [2.24, 2.45) is 11.8 Å². The molecule has 3 unspecified atom stereocenters. The van der Waals surface area contributed by atoms with E-state index in [0.29, 0.717) is 5.92 Å². The molecule has 2 N–H and O–H groups in total. The van der Waals surface area contributed by atoms with Crippen molar-refractivity contribution < 1.29 is 9.84 Å². The van der Waals surface area contributed by atoms with Gasteiger partial charge in [-0.1, -0.05) is 46.5 Å². The van der Waals surface area contributed by atoms with Gasteiger partial charge in [-0.25, -0.2) is 0 Å². The van der Waals surface area contributed by atoms with Crippen molar-refractivity contribution in [3.8, 4) is 0 Å². The summed E-state index contributed by atoms with van der Waals surface area (Å²) < 4.78 is 5.95. The van der Waals surface area contributed by atoms with Crippen molar-refractivity contribution in [2.45, 2.75) is 77.7 Å². The third-order valence-electron chi connectivity index (χ3n) is 5.28. The molecule has 0 heterocycles. The van der Waals surface area contributed by atoms with Crippen molar-refractivity contribution in [3.63, 3.8) is 0 Å². The number of aliphatic hydroxyl groups excluding tert-OH is 1. The van der Waals surface area contributed by atoms with Gasteiger partial charge in [-0.05, 0) is 44.1 Å². The maximum Gasteiger partial charge on any atom is 0.0616 e. The normalized spacial score (nSPS) is 27.1. The van der Waals surface area contributed by atoms with E-state index in [0.717, 1.165) is 38.5 Å². The predicted octanol–water partition coefficient (Wildman–Crippen LogP) is 3.75. The molecule has 3 nitrogen and oxygen atoms in total. The Morgan fingerprint density at radius 2 is 2.14 bits per heavy atom. The van der Waals surface area contributed by atoms with Gasteiger partial charge in [0.15, 0.2) is 0 Å². The monoisotopic (exact) mass is 299 g/mol. The lowest BCUT2D eigenvalue weighted by atomic mass is 9.85. The first-order valence-electron chi connectivity index (χ1n) is 9.16. The van der Waals surface area contributed by atoms with Crippen molar-refractivity contribution in [3.05, 3.63) is 0 Å². The fraction of sp³-hybridized carbons (Fsp3) is 1.00. The van der Waals surface area contributed by atoms with Crippen LogP contribution in [0.3, 0.4) is 0 Å². The van der Waals surface area contributed by atoms with E-state index >= 15 is 0 Å². The fourth-order valence-corrected chi connectivity index (χ4v) is 3.79. The summed E-state index contributed by atoms with van der Waals surface area (Å²) in [6, 6.07) is 0. The molecule has 1 aliphatic rings. The molecule has 1 rings (SSSR count). The smallest absolute Gasteiger partial charge is 0.0616 e. The molecule has 3 atom stereocenters. The summed E-state index contributed by atoms with van der Waals surface area (Å²) >= 11 is 0. The summed E-state index contributed by atoms with van der Waals surface area (Å²) in [5.74, 6) is 1.29. The number of unbranched alkanes of at least 4 members (excludes halogenated alkanes) is 1. The molecule has 0 aromatic heterocycles. The molecular weight excluding hydrogens is 262 g/mol. The number of hydrogen-bond donors (Lipinski definition) is 2. The zero-order valence-corrected chi connectivity index (χ0v) is 14.5. The Morgan fingerprint density at radius 3 is 2.76 bits per heavy atom. The molecule has 1 saturated carbocycles. The Balaban J connectivity index is 2.27. The van der Waals surface area contributed by atoms with Crippen LogP contribution in [0.1, 0.15) is 72.1 Å². The van der Waals surface area contributed by atoms with Crippen LogP contribution in [0.4, 0.5) is 0 Å². The quantitative estimate of drug-likeness (QED) is 0.539. The van der Waals surface area contributed by atoms with Gasteiger partial charge in [0.05, 0.1) is 6.61 Å². The minimum absolute atomic E-state index is 0.0372. The minimum atomic E-state index is -0.0372. The van der Waals surface area contributed by atoms with E-state index < -0.39 is 0 Å². The molecule has 0 saturated heterocycles. The summed E-state index contributed by atoms with van der Waals surface area (Å²) in [4.78, 5) is 0. The third kappa shape index (κ3) is 5.88.